The number of rotatable bonds is 11. The minimum atomic E-state index is -3.82. The Labute approximate surface area is 253 Å². The molecule has 1 heterocycles. The van der Waals surface area contributed by atoms with Gasteiger partial charge in [0.15, 0.2) is 16.7 Å². The molecule has 3 aromatic carbocycles. The number of hydrogen-bond acceptors (Lipinski definition) is 8. The first-order chi connectivity index (χ1) is 19.9. The Morgan fingerprint density at radius 1 is 1.10 bits per heavy atom. The molecule has 0 aliphatic heterocycles. The van der Waals surface area contributed by atoms with E-state index in [1.807, 2.05) is 19.9 Å². The van der Waals surface area contributed by atoms with Crippen LogP contribution in [-0.4, -0.2) is 43.3 Å². The topological polar surface area (TPSA) is 143 Å². The Hall–Kier alpha value is -3.58. The fourth-order valence-corrected chi connectivity index (χ4v) is 5.98. The largest absolute Gasteiger partial charge is 0.493 e. The van der Waals surface area contributed by atoms with Gasteiger partial charge in [-0.1, -0.05) is 48.5 Å². The Kier molecular flexibility index (Phi) is 9.82. The zero-order chi connectivity index (χ0) is 30.6. The van der Waals surface area contributed by atoms with E-state index >= 15 is 0 Å². The van der Waals surface area contributed by atoms with Crippen molar-refractivity contribution >= 4 is 55.9 Å². The monoisotopic (exact) mass is 630 g/mol. The Bertz CT molecular complexity index is 1790. The van der Waals surface area contributed by atoms with Gasteiger partial charge in [-0.3, -0.25) is 14.2 Å². The average molecular weight is 631 g/mol. The van der Waals surface area contributed by atoms with E-state index in [9.17, 15) is 18.0 Å². The second kappa shape index (κ2) is 13.2. The molecule has 0 aliphatic rings. The first-order valence-electron chi connectivity index (χ1n) is 13.0. The molecule has 0 saturated heterocycles. The SMILES string of the molecule is CCC(Sc1nc2cc(OC)c(OC)cc2c(=O)n1CCc1ccc(S(N)(=O)=O)cc1)C(=O)Nc1ccc(C)c(Cl)c1. The smallest absolute Gasteiger partial charge is 0.262 e. The number of anilines is 1. The number of methoxy groups -OCH3 is 2. The number of benzene rings is 3. The normalized spacial score (nSPS) is 12.2. The summed E-state index contributed by atoms with van der Waals surface area (Å²) in [6.07, 6.45) is 0.856. The van der Waals surface area contributed by atoms with Gasteiger partial charge in [0.2, 0.25) is 15.9 Å². The molecule has 3 N–H and O–H groups in total. The number of primary sulfonamides is 1. The number of nitrogens with two attached hydrogens (primary N) is 1. The third kappa shape index (κ3) is 7.06. The lowest BCUT2D eigenvalue weighted by atomic mass is 10.1. The third-order valence-electron chi connectivity index (χ3n) is 6.65. The number of carbonyl (C=O) groups excluding carboxylic acids is 1. The van der Waals surface area contributed by atoms with Crippen LogP contribution < -0.4 is 25.5 Å². The highest BCUT2D eigenvalue weighted by molar-refractivity contribution is 8.00. The summed E-state index contributed by atoms with van der Waals surface area (Å²) >= 11 is 7.42. The number of carbonyl (C=O) groups is 1. The van der Waals surface area contributed by atoms with Crippen molar-refractivity contribution in [1.29, 1.82) is 0 Å². The lowest BCUT2D eigenvalue weighted by Crippen LogP contribution is -2.28. The van der Waals surface area contributed by atoms with Gasteiger partial charge in [0.25, 0.3) is 5.56 Å². The Balaban J connectivity index is 1.71. The number of halogens is 1. The van der Waals surface area contributed by atoms with Gasteiger partial charge in [0, 0.05) is 23.3 Å². The van der Waals surface area contributed by atoms with Gasteiger partial charge in [-0.2, -0.15) is 0 Å². The molecule has 1 amide bonds. The summed E-state index contributed by atoms with van der Waals surface area (Å²) in [7, 11) is -0.845. The molecule has 0 saturated carbocycles. The molecule has 1 unspecified atom stereocenters. The maximum absolute atomic E-state index is 13.8. The first-order valence-corrected chi connectivity index (χ1v) is 15.8. The van der Waals surface area contributed by atoms with E-state index in [4.69, 9.17) is 31.2 Å². The van der Waals surface area contributed by atoms with Crippen LogP contribution >= 0.6 is 23.4 Å². The average Bonchev–Trinajstić information content (AvgIpc) is 2.96. The third-order valence-corrected chi connectivity index (χ3v) is 9.34. The number of aryl methyl sites for hydroxylation is 2. The van der Waals surface area contributed by atoms with Crippen LogP contribution in [0.15, 0.2) is 69.4 Å². The van der Waals surface area contributed by atoms with E-state index in [0.29, 0.717) is 51.1 Å². The van der Waals surface area contributed by atoms with Crippen LogP contribution in [0.2, 0.25) is 5.02 Å². The molecule has 42 heavy (non-hydrogen) atoms. The number of ether oxygens (including phenoxy) is 2. The number of nitrogens with zero attached hydrogens (tertiary/aromatic N) is 2. The van der Waals surface area contributed by atoms with Gasteiger partial charge < -0.3 is 14.8 Å². The lowest BCUT2D eigenvalue weighted by molar-refractivity contribution is -0.115. The summed E-state index contributed by atoms with van der Waals surface area (Å²) in [5, 5.41) is 8.76. The zero-order valence-electron chi connectivity index (χ0n) is 23.5. The number of fused-ring (bicyclic) bond motifs is 1. The van der Waals surface area contributed by atoms with Crippen molar-refractivity contribution in [2.45, 2.75) is 48.5 Å². The van der Waals surface area contributed by atoms with Crippen molar-refractivity contribution < 1.29 is 22.7 Å². The quantitative estimate of drug-likeness (QED) is 0.178. The Morgan fingerprint density at radius 3 is 2.36 bits per heavy atom. The maximum Gasteiger partial charge on any atom is 0.262 e. The van der Waals surface area contributed by atoms with E-state index in [-0.39, 0.29) is 22.9 Å². The highest BCUT2D eigenvalue weighted by Gasteiger charge is 2.23. The van der Waals surface area contributed by atoms with Gasteiger partial charge in [-0.25, -0.2) is 18.5 Å². The number of aromatic nitrogens is 2. The molecule has 0 bridgehead atoms. The molecule has 0 radical (unpaired) electrons. The molecule has 4 rings (SSSR count). The maximum atomic E-state index is 13.8. The molecule has 4 aromatic rings. The number of sulfonamides is 1. The van der Waals surface area contributed by atoms with Crippen LogP contribution in [0.4, 0.5) is 5.69 Å². The van der Waals surface area contributed by atoms with Gasteiger partial charge >= 0.3 is 0 Å². The summed E-state index contributed by atoms with van der Waals surface area (Å²) in [6.45, 7) is 3.98. The number of amides is 1. The molecule has 10 nitrogen and oxygen atoms in total. The standard InChI is InChI=1S/C29H31ClN4O6S2/c1-5-26(27(35)32-19-9-6-17(2)22(30)14-19)41-29-33-23-16-25(40-4)24(39-3)15-21(23)28(36)34(29)13-12-18-7-10-20(11-8-18)42(31,37)38/h6-11,14-16,26H,5,12-13H2,1-4H3,(H,32,35)(H2,31,37,38). The van der Waals surface area contributed by atoms with Crippen molar-refractivity contribution in [1.82, 2.24) is 9.55 Å². The van der Waals surface area contributed by atoms with Crippen molar-refractivity contribution in [2.75, 3.05) is 19.5 Å². The summed E-state index contributed by atoms with van der Waals surface area (Å²) < 4.78 is 35.6. The van der Waals surface area contributed by atoms with Crippen LogP contribution in [0, 0.1) is 6.92 Å². The van der Waals surface area contributed by atoms with E-state index in [1.54, 1.807) is 36.4 Å². The van der Waals surface area contributed by atoms with Crippen molar-refractivity contribution in [2.24, 2.45) is 5.14 Å². The number of hydrogen-bond donors (Lipinski definition) is 2. The summed E-state index contributed by atoms with van der Waals surface area (Å²) in [5.74, 6) is 0.549. The predicted molar refractivity (Wildman–Crippen MR) is 165 cm³/mol. The van der Waals surface area contributed by atoms with Gasteiger partial charge in [-0.05, 0) is 61.2 Å². The van der Waals surface area contributed by atoms with Crippen LogP contribution in [-0.2, 0) is 27.8 Å². The first kappa shape index (κ1) is 31.4. The molecule has 13 heteroatoms. The van der Waals surface area contributed by atoms with Crippen LogP contribution in [0.1, 0.15) is 24.5 Å². The lowest BCUT2D eigenvalue weighted by Gasteiger charge is -2.19. The number of nitrogens with one attached hydrogen (secondary N) is 1. The fraction of sp³-hybridized carbons (Fsp3) is 0.276. The summed E-state index contributed by atoms with van der Waals surface area (Å²) in [5.41, 5.74) is 2.34. The van der Waals surface area contributed by atoms with Crippen LogP contribution in [0.3, 0.4) is 0 Å². The van der Waals surface area contributed by atoms with E-state index < -0.39 is 15.3 Å². The van der Waals surface area contributed by atoms with Crippen molar-refractivity contribution in [3.8, 4) is 11.5 Å². The highest BCUT2D eigenvalue weighted by Crippen LogP contribution is 2.32. The van der Waals surface area contributed by atoms with Gasteiger partial charge in [-0.15, -0.1) is 0 Å². The summed E-state index contributed by atoms with van der Waals surface area (Å²) in [4.78, 5) is 31.9. The predicted octanol–water partition coefficient (Wildman–Crippen LogP) is 4.78. The molecular weight excluding hydrogens is 600 g/mol. The minimum Gasteiger partial charge on any atom is -0.493 e. The number of thioether (sulfide) groups is 1. The van der Waals surface area contributed by atoms with E-state index in [1.165, 1.54) is 42.7 Å². The molecule has 0 aliphatic carbocycles. The molecule has 0 spiro atoms. The molecule has 1 aromatic heterocycles. The second-order valence-corrected chi connectivity index (χ2v) is 12.6. The molecule has 1 atom stereocenters. The fourth-order valence-electron chi connectivity index (χ4n) is 4.24. The molecule has 222 valence electrons. The van der Waals surface area contributed by atoms with Crippen LogP contribution in [0.5, 0.6) is 11.5 Å². The van der Waals surface area contributed by atoms with Crippen LogP contribution in [0.25, 0.3) is 10.9 Å². The van der Waals surface area contributed by atoms with E-state index in [0.717, 1.165) is 11.1 Å². The molecule has 0 fully saturated rings. The molecular formula is C29H31ClN4O6S2. The van der Waals surface area contributed by atoms with Gasteiger partial charge in [0.05, 0.1) is 35.3 Å². The minimum absolute atomic E-state index is 0.000241. The Morgan fingerprint density at radius 2 is 1.76 bits per heavy atom. The van der Waals surface area contributed by atoms with Gasteiger partial charge in [0.1, 0.15) is 0 Å². The highest BCUT2D eigenvalue weighted by atomic mass is 35.5. The summed E-state index contributed by atoms with van der Waals surface area (Å²) in [6, 6.07) is 14.7. The second-order valence-electron chi connectivity index (χ2n) is 9.48. The van der Waals surface area contributed by atoms with Crippen molar-refractivity contribution in [3.63, 3.8) is 0 Å². The zero-order valence-corrected chi connectivity index (χ0v) is 25.9. The van der Waals surface area contributed by atoms with Crippen molar-refractivity contribution in [3.05, 3.63) is 81.1 Å². The van der Waals surface area contributed by atoms with E-state index in [2.05, 4.69) is 5.32 Å².